The van der Waals surface area contributed by atoms with Crippen LogP contribution in [0.4, 0.5) is 5.69 Å². The first-order valence-electron chi connectivity index (χ1n) is 10.1. The van der Waals surface area contributed by atoms with Crippen molar-refractivity contribution in [3.8, 4) is 11.5 Å². The molecule has 1 saturated carbocycles. The number of para-hydroxylation sites is 1. The van der Waals surface area contributed by atoms with Gasteiger partial charge >= 0.3 is 5.97 Å². The number of carbonyl (C=O) groups is 2. The molecule has 1 heterocycles. The predicted octanol–water partition coefficient (Wildman–Crippen LogP) is 4.31. The molecule has 0 aliphatic heterocycles. The SMILES string of the molecule is COc1ccc(NC(=O)[C@@H](C)OC(=O)c2cc(C3CC3)nc3ccccc23)cc1OC. The van der Waals surface area contributed by atoms with Crippen molar-refractivity contribution in [2.75, 3.05) is 19.5 Å². The molecule has 4 rings (SSSR count). The predicted molar refractivity (Wildman–Crippen MR) is 117 cm³/mol. The fourth-order valence-electron chi connectivity index (χ4n) is 3.39. The van der Waals surface area contributed by atoms with Gasteiger partial charge in [-0.2, -0.15) is 0 Å². The Morgan fingerprint density at radius 1 is 1.03 bits per heavy atom. The fraction of sp³-hybridized carbons (Fsp3) is 0.292. The summed E-state index contributed by atoms with van der Waals surface area (Å²) in [4.78, 5) is 30.2. The number of methoxy groups -OCH3 is 2. The van der Waals surface area contributed by atoms with Crippen LogP contribution >= 0.6 is 0 Å². The molecular weight excluding hydrogens is 396 g/mol. The van der Waals surface area contributed by atoms with E-state index in [1.807, 2.05) is 24.3 Å². The zero-order valence-electron chi connectivity index (χ0n) is 17.7. The summed E-state index contributed by atoms with van der Waals surface area (Å²) in [6, 6.07) is 14.3. The van der Waals surface area contributed by atoms with Crippen LogP contribution in [0.1, 0.15) is 41.7 Å². The number of anilines is 1. The Labute approximate surface area is 180 Å². The Kier molecular flexibility index (Phi) is 5.75. The lowest BCUT2D eigenvalue weighted by Crippen LogP contribution is -2.30. The third-order valence-corrected chi connectivity index (χ3v) is 5.26. The van der Waals surface area contributed by atoms with Gasteiger partial charge in [0.1, 0.15) is 0 Å². The molecular formula is C24H24N2O5. The monoisotopic (exact) mass is 420 g/mol. The van der Waals surface area contributed by atoms with Crippen LogP contribution in [0.2, 0.25) is 0 Å². The average Bonchev–Trinajstić information content (AvgIpc) is 3.63. The maximum atomic E-state index is 12.9. The summed E-state index contributed by atoms with van der Waals surface area (Å²) in [5.74, 6) is 0.440. The van der Waals surface area contributed by atoms with Gasteiger partial charge in [-0.05, 0) is 44.0 Å². The lowest BCUT2D eigenvalue weighted by molar-refractivity contribution is -0.123. The van der Waals surface area contributed by atoms with Crippen molar-refractivity contribution in [2.24, 2.45) is 0 Å². The van der Waals surface area contributed by atoms with Gasteiger partial charge < -0.3 is 19.5 Å². The molecule has 2 aromatic carbocycles. The van der Waals surface area contributed by atoms with Crippen molar-refractivity contribution in [3.05, 3.63) is 59.8 Å². The Balaban J connectivity index is 1.50. The van der Waals surface area contributed by atoms with Gasteiger partial charge in [-0.15, -0.1) is 0 Å². The van der Waals surface area contributed by atoms with Crippen molar-refractivity contribution >= 4 is 28.5 Å². The number of hydrogen-bond donors (Lipinski definition) is 1. The molecule has 1 amide bonds. The van der Waals surface area contributed by atoms with Gasteiger partial charge in [0, 0.05) is 28.8 Å². The molecule has 7 heteroatoms. The topological polar surface area (TPSA) is 86.8 Å². The first-order chi connectivity index (χ1) is 15.0. The molecule has 0 saturated heterocycles. The molecule has 0 bridgehead atoms. The molecule has 1 fully saturated rings. The summed E-state index contributed by atoms with van der Waals surface area (Å²) in [6.45, 7) is 1.54. The quantitative estimate of drug-likeness (QED) is 0.573. The highest BCUT2D eigenvalue weighted by atomic mass is 16.5. The number of carbonyl (C=O) groups excluding carboxylic acids is 2. The molecule has 1 aliphatic carbocycles. The maximum Gasteiger partial charge on any atom is 0.339 e. The van der Waals surface area contributed by atoms with Crippen molar-refractivity contribution in [1.82, 2.24) is 4.98 Å². The van der Waals surface area contributed by atoms with Gasteiger partial charge in [0.15, 0.2) is 17.6 Å². The average molecular weight is 420 g/mol. The smallest absolute Gasteiger partial charge is 0.339 e. The summed E-state index contributed by atoms with van der Waals surface area (Å²) in [7, 11) is 3.05. The number of rotatable bonds is 7. The summed E-state index contributed by atoms with van der Waals surface area (Å²) < 4.78 is 15.9. The van der Waals surface area contributed by atoms with Crippen LogP contribution in [0.5, 0.6) is 11.5 Å². The molecule has 0 radical (unpaired) electrons. The van der Waals surface area contributed by atoms with E-state index in [1.54, 1.807) is 31.2 Å². The van der Waals surface area contributed by atoms with Crippen LogP contribution in [0, 0.1) is 0 Å². The van der Waals surface area contributed by atoms with Crippen molar-refractivity contribution in [1.29, 1.82) is 0 Å². The summed E-state index contributed by atoms with van der Waals surface area (Å²) in [5, 5.41) is 3.45. The van der Waals surface area contributed by atoms with Gasteiger partial charge in [-0.25, -0.2) is 4.79 Å². The number of esters is 1. The number of hydrogen-bond acceptors (Lipinski definition) is 6. The molecule has 1 N–H and O–H groups in total. The van der Waals surface area contributed by atoms with E-state index < -0.39 is 18.0 Å². The van der Waals surface area contributed by atoms with Gasteiger partial charge in [-0.1, -0.05) is 18.2 Å². The Morgan fingerprint density at radius 2 is 1.77 bits per heavy atom. The van der Waals surface area contributed by atoms with Crippen molar-refractivity contribution < 1.29 is 23.8 Å². The number of benzene rings is 2. The van der Waals surface area contributed by atoms with E-state index in [0.717, 1.165) is 24.1 Å². The Hall–Kier alpha value is -3.61. The largest absolute Gasteiger partial charge is 0.493 e. The zero-order valence-corrected chi connectivity index (χ0v) is 17.7. The van der Waals surface area contributed by atoms with E-state index in [4.69, 9.17) is 14.2 Å². The first kappa shape index (κ1) is 20.7. The summed E-state index contributed by atoms with van der Waals surface area (Å²) >= 11 is 0. The number of amides is 1. The third kappa shape index (κ3) is 4.45. The fourth-order valence-corrected chi connectivity index (χ4v) is 3.39. The minimum absolute atomic E-state index is 0.391. The second kappa shape index (κ2) is 8.63. The Bertz CT molecular complexity index is 1140. The number of pyridine rings is 1. The normalized spacial score (nSPS) is 14.0. The highest BCUT2D eigenvalue weighted by Gasteiger charge is 2.28. The van der Waals surface area contributed by atoms with Gasteiger partial charge in [0.25, 0.3) is 5.91 Å². The molecule has 7 nitrogen and oxygen atoms in total. The van der Waals surface area contributed by atoms with Crippen LogP contribution in [0.15, 0.2) is 48.5 Å². The number of nitrogens with one attached hydrogen (secondary N) is 1. The second-order valence-corrected chi connectivity index (χ2v) is 7.49. The first-order valence-corrected chi connectivity index (χ1v) is 10.1. The van der Waals surface area contributed by atoms with Crippen LogP contribution < -0.4 is 14.8 Å². The summed E-state index contributed by atoms with van der Waals surface area (Å²) in [5.41, 5.74) is 2.59. The van der Waals surface area contributed by atoms with Crippen LogP contribution in [0.3, 0.4) is 0 Å². The lowest BCUT2D eigenvalue weighted by atomic mass is 10.1. The molecule has 3 aromatic rings. The summed E-state index contributed by atoms with van der Waals surface area (Å²) in [6.07, 6.45) is 1.16. The van der Waals surface area contributed by atoms with Crippen LogP contribution in [0.25, 0.3) is 10.9 Å². The van der Waals surface area contributed by atoms with Crippen molar-refractivity contribution in [3.63, 3.8) is 0 Å². The molecule has 0 spiro atoms. The van der Waals surface area contributed by atoms with E-state index >= 15 is 0 Å². The van der Waals surface area contributed by atoms with E-state index in [1.165, 1.54) is 14.2 Å². The number of ether oxygens (including phenoxy) is 3. The Morgan fingerprint density at radius 3 is 2.48 bits per heavy atom. The lowest BCUT2D eigenvalue weighted by Gasteiger charge is -2.16. The maximum absolute atomic E-state index is 12.9. The molecule has 0 unspecified atom stereocenters. The highest BCUT2D eigenvalue weighted by molar-refractivity contribution is 6.05. The number of fused-ring (bicyclic) bond motifs is 1. The van der Waals surface area contributed by atoms with Crippen molar-refractivity contribution in [2.45, 2.75) is 31.8 Å². The number of aromatic nitrogens is 1. The van der Waals surface area contributed by atoms with Crippen LogP contribution in [-0.4, -0.2) is 37.2 Å². The molecule has 1 aromatic heterocycles. The number of nitrogens with zero attached hydrogens (tertiary/aromatic N) is 1. The molecule has 31 heavy (non-hydrogen) atoms. The minimum Gasteiger partial charge on any atom is -0.493 e. The van der Waals surface area contributed by atoms with Crippen LogP contribution in [-0.2, 0) is 9.53 Å². The minimum atomic E-state index is -0.989. The molecule has 1 aliphatic rings. The van der Waals surface area contributed by atoms with Gasteiger partial charge in [-0.3, -0.25) is 9.78 Å². The standard InChI is InChI=1S/C24H24N2O5/c1-14(23(27)25-16-10-11-21(29-2)22(12-16)30-3)31-24(28)18-13-20(15-8-9-15)26-19-7-5-4-6-17(18)19/h4-7,10-15H,8-9H2,1-3H3,(H,25,27)/t14-/m1/s1. The second-order valence-electron chi connectivity index (χ2n) is 7.49. The zero-order chi connectivity index (χ0) is 22.0. The van der Waals surface area contributed by atoms with E-state index in [0.29, 0.717) is 34.1 Å². The molecule has 160 valence electrons. The van der Waals surface area contributed by atoms with Gasteiger partial charge in [0.05, 0.1) is 25.3 Å². The van der Waals surface area contributed by atoms with Gasteiger partial charge in [0.2, 0.25) is 0 Å². The third-order valence-electron chi connectivity index (χ3n) is 5.26. The van der Waals surface area contributed by atoms with E-state index in [9.17, 15) is 9.59 Å². The van der Waals surface area contributed by atoms with E-state index in [-0.39, 0.29) is 0 Å². The van der Waals surface area contributed by atoms with E-state index in [2.05, 4.69) is 10.3 Å². The molecule has 1 atom stereocenters. The highest BCUT2D eigenvalue weighted by Crippen LogP contribution is 2.40.